The highest BCUT2D eigenvalue weighted by atomic mass is 16.3. The van der Waals surface area contributed by atoms with Crippen LogP contribution in [0.15, 0.2) is 24.3 Å². The van der Waals surface area contributed by atoms with Gasteiger partial charge in [0.15, 0.2) is 0 Å². The van der Waals surface area contributed by atoms with Gasteiger partial charge < -0.3 is 9.67 Å². The highest BCUT2D eigenvalue weighted by molar-refractivity contribution is 5.75. The molecular formula is C16H22N2O. The summed E-state index contributed by atoms with van der Waals surface area (Å²) >= 11 is 0. The highest BCUT2D eigenvalue weighted by Gasteiger charge is 2.47. The van der Waals surface area contributed by atoms with Crippen molar-refractivity contribution in [2.75, 3.05) is 0 Å². The molecule has 1 heterocycles. The highest BCUT2D eigenvalue weighted by Crippen LogP contribution is 2.47. The van der Waals surface area contributed by atoms with Gasteiger partial charge in [0.1, 0.15) is 5.82 Å². The van der Waals surface area contributed by atoms with E-state index in [0.717, 1.165) is 36.1 Å². The molecule has 1 aromatic carbocycles. The molecule has 2 aromatic rings. The Balaban J connectivity index is 2.00. The minimum absolute atomic E-state index is 0.0227. The van der Waals surface area contributed by atoms with E-state index in [9.17, 15) is 5.11 Å². The lowest BCUT2D eigenvalue weighted by atomic mass is 9.75. The summed E-state index contributed by atoms with van der Waals surface area (Å²) < 4.78 is 2.11. The van der Waals surface area contributed by atoms with Crippen molar-refractivity contribution in [2.24, 2.45) is 12.5 Å². The zero-order valence-corrected chi connectivity index (χ0v) is 12.0. The normalized spacial score (nSPS) is 26.1. The monoisotopic (exact) mass is 258 g/mol. The van der Waals surface area contributed by atoms with Crippen LogP contribution in [0.2, 0.25) is 0 Å². The van der Waals surface area contributed by atoms with E-state index < -0.39 is 5.60 Å². The van der Waals surface area contributed by atoms with Crippen LogP contribution >= 0.6 is 0 Å². The molecule has 3 heteroatoms. The first-order valence-electron chi connectivity index (χ1n) is 7.06. The number of nitrogens with zero attached hydrogens (tertiary/aromatic N) is 2. The van der Waals surface area contributed by atoms with E-state index in [4.69, 9.17) is 0 Å². The molecule has 1 N–H and O–H groups in total. The summed E-state index contributed by atoms with van der Waals surface area (Å²) in [4.78, 5) is 4.69. The van der Waals surface area contributed by atoms with Crippen LogP contribution < -0.4 is 0 Å². The van der Waals surface area contributed by atoms with Crippen molar-refractivity contribution in [3.63, 3.8) is 0 Å². The molecule has 3 nitrogen and oxygen atoms in total. The van der Waals surface area contributed by atoms with Crippen LogP contribution in [-0.4, -0.2) is 20.3 Å². The maximum absolute atomic E-state index is 11.0. The number of rotatable bonds is 2. The molecular weight excluding hydrogens is 236 g/mol. The largest absolute Gasteiger partial charge is 0.389 e. The number of aliphatic hydroxyl groups is 1. The fraction of sp³-hybridized carbons (Fsp3) is 0.562. The number of aromatic nitrogens is 2. The number of aryl methyl sites for hydroxylation is 1. The molecule has 1 aromatic heterocycles. The van der Waals surface area contributed by atoms with Crippen molar-refractivity contribution in [1.82, 2.24) is 9.55 Å². The van der Waals surface area contributed by atoms with Gasteiger partial charge in [-0.05, 0) is 36.8 Å². The quantitative estimate of drug-likeness (QED) is 0.899. The van der Waals surface area contributed by atoms with Crippen molar-refractivity contribution < 1.29 is 5.11 Å². The number of imidazole rings is 1. The predicted molar refractivity (Wildman–Crippen MR) is 77.0 cm³/mol. The summed E-state index contributed by atoms with van der Waals surface area (Å²) in [6.45, 7) is 4.34. The number of hydrogen-bond acceptors (Lipinski definition) is 2. The smallest absolute Gasteiger partial charge is 0.112 e. The molecule has 1 unspecified atom stereocenters. The van der Waals surface area contributed by atoms with Crippen LogP contribution in [0.3, 0.4) is 0 Å². The van der Waals surface area contributed by atoms with Gasteiger partial charge in [0.25, 0.3) is 0 Å². The Morgan fingerprint density at radius 3 is 2.63 bits per heavy atom. The van der Waals surface area contributed by atoms with E-state index in [0.29, 0.717) is 6.42 Å². The second-order valence-electron chi connectivity index (χ2n) is 6.52. The summed E-state index contributed by atoms with van der Waals surface area (Å²) in [6.07, 6.45) is 3.72. The van der Waals surface area contributed by atoms with E-state index in [2.05, 4.69) is 29.5 Å². The van der Waals surface area contributed by atoms with Crippen molar-refractivity contribution in [3.8, 4) is 0 Å². The summed E-state index contributed by atoms with van der Waals surface area (Å²) in [5.74, 6) is 0.985. The molecule has 1 atom stereocenters. The number of hydrogen-bond donors (Lipinski definition) is 1. The Morgan fingerprint density at radius 1 is 1.26 bits per heavy atom. The minimum atomic E-state index is -0.623. The van der Waals surface area contributed by atoms with Crippen LogP contribution in [0.4, 0.5) is 0 Å². The van der Waals surface area contributed by atoms with Crippen molar-refractivity contribution in [2.45, 2.75) is 45.1 Å². The maximum atomic E-state index is 11.0. The van der Waals surface area contributed by atoms with Gasteiger partial charge in [-0.2, -0.15) is 0 Å². The molecule has 1 aliphatic rings. The topological polar surface area (TPSA) is 38.0 Å². The van der Waals surface area contributed by atoms with Crippen LogP contribution in [0.25, 0.3) is 11.0 Å². The Bertz CT molecular complexity index is 614. The lowest BCUT2D eigenvalue weighted by Gasteiger charge is -2.36. The van der Waals surface area contributed by atoms with Gasteiger partial charge >= 0.3 is 0 Å². The summed E-state index contributed by atoms with van der Waals surface area (Å²) in [6, 6.07) is 8.15. The molecule has 102 valence electrons. The minimum Gasteiger partial charge on any atom is -0.389 e. The number of benzene rings is 1. The molecule has 1 fully saturated rings. The van der Waals surface area contributed by atoms with E-state index in [1.807, 2.05) is 25.2 Å². The Morgan fingerprint density at radius 2 is 2.00 bits per heavy atom. The lowest BCUT2D eigenvalue weighted by Crippen LogP contribution is -2.42. The third kappa shape index (κ3) is 1.88. The van der Waals surface area contributed by atoms with E-state index in [1.165, 1.54) is 0 Å². The standard InChI is InChI=1S/C16H22N2O/c1-15(2)9-6-10-16(15,19)11-14-17-12-7-4-5-8-13(12)18(14)3/h4-5,7-8,19H,6,9-11H2,1-3H3. The molecule has 0 radical (unpaired) electrons. The molecule has 0 aliphatic heterocycles. The van der Waals surface area contributed by atoms with Gasteiger partial charge in [0, 0.05) is 13.5 Å². The van der Waals surface area contributed by atoms with Crippen LogP contribution in [-0.2, 0) is 13.5 Å². The number of fused-ring (bicyclic) bond motifs is 1. The van der Waals surface area contributed by atoms with Crippen LogP contribution in [0.1, 0.15) is 38.9 Å². The lowest BCUT2D eigenvalue weighted by molar-refractivity contribution is -0.0438. The zero-order chi connectivity index (χ0) is 13.7. The third-order valence-electron chi connectivity index (χ3n) is 4.98. The van der Waals surface area contributed by atoms with Crippen molar-refractivity contribution >= 4 is 11.0 Å². The third-order valence-corrected chi connectivity index (χ3v) is 4.98. The first-order chi connectivity index (χ1) is 8.93. The fourth-order valence-electron chi connectivity index (χ4n) is 3.34. The second-order valence-corrected chi connectivity index (χ2v) is 6.52. The predicted octanol–water partition coefficient (Wildman–Crippen LogP) is 3.06. The molecule has 0 bridgehead atoms. The molecule has 0 amide bonds. The Kier molecular flexibility index (Phi) is 2.72. The molecule has 1 saturated carbocycles. The zero-order valence-electron chi connectivity index (χ0n) is 12.0. The van der Waals surface area contributed by atoms with E-state index in [-0.39, 0.29) is 5.41 Å². The maximum Gasteiger partial charge on any atom is 0.112 e. The SMILES string of the molecule is Cn1c(CC2(O)CCCC2(C)C)nc2ccccc21. The number of para-hydroxylation sites is 2. The van der Waals surface area contributed by atoms with E-state index in [1.54, 1.807) is 0 Å². The second kappa shape index (κ2) is 4.07. The summed E-state index contributed by atoms with van der Waals surface area (Å²) in [5, 5.41) is 11.0. The fourth-order valence-corrected chi connectivity index (χ4v) is 3.34. The summed E-state index contributed by atoms with van der Waals surface area (Å²) in [7, 11) is 2.04. The Labute approximate surface area is 114 Å². The average Bonchev–Trinajstić information content (AvgIpc) is 2.79. The van der Waals surface area contributed by atoms with E-state index >= 15 is 0 Å². The van der Waals surface area contributed by atoms with Gasteiger partial charge in [0.2, 0.25) is 0 Å². The van der Waals surface area contributed by atoms with Gasteiger partial charge in [-0.15, -0.1) is 0 Å². The molecule has 0 spiro atoms. The molecule has 19 heavy (non-hydrogen) atoms. The van der Waals surface area contributed by atoms with Crippen LogP contribution in [0.5, 0.6) is 0 Å². The van der Waals surface area contributed by atoms with Gasteiger partial charge in [0.05, 0.1) is 16.6 Å². The van der Waals surface area contributed by atoms with Crippen molar-refractivity contribution in [1.29, 1.82) is 0 Å². The summed E-state index contributed by atoms with van der Waals surface area (Å²) in [5.41, 5.74) is 1.50. The average molecular weight is 258 g/mol. The van der Waals surface area contributed by atoms with Gasteiger partial charge in [-0.3, -0.25) is 0 Å². The molecule has 0 saturated heterocycles. The van der Waals surface area contributed by atoms with Crippen molar-refractivity contribution in [3.05, 3.63) is 30.1 Å². The van der Waals surface area contributed by atoms with Gasteiger partial charge in [-0.1, -0.05) is 26.0 Å². The van der Waals surface area contributed by atoms with Gasteiger partial charge in [-0.25, -0.2) is 4.98 Å². The molecule has 3 rings (SSSR count). The molecule has 1 aliphatic carbocycles. The first kappa shape index (κ1) is 12.7. The Hall–Kier alpha value is -1.35. The van der Waals surface area contributed by atoms with Crippen LogP contribution in [0, 0.1) is 5.41 Å². The first-order valence-corrected chi connectivity index (χ1v) is 7.06.